The molecule has 0 N–H and O–H groups in total. The molecule has 5 nitrogen and oxygen atoms in total. The number of para-hydroxylation sites is 3. The van der Waals surface area contributed by atoms with Crippen LogP contribution in [0.2, 0.25) is 0 Å². The normalized spacial score (nSPS) is 11.1. The molecule has 0 aliphatic rings. The summed E-state index contributed by atoms with van der Waals surface area (Å²) in [5, 5.41) is 14.5. The van der Waals surface area contributed by atoms with Gasteiger partial charge in [-0.15, -0.1) is 0 Å². The first kappa shape index (κ1) is 28.8. The summed E-state index contributed by atoms with van der Waals surface area (Å²) in [7, 11) is 0. The summed E-state index contributed by atoms with van der Waals surface area (Å²) in [5.74, 6) is 0. The average Bonchev–Trinajstić information content (AvgIpc) is 3.69. The molecule has 0 aliphatic heterocycles. The van der Waals surface area contributed by atoms with Crippen LogP contribution in [0.15, 0.2) is 152 Å². The van der Waals surface area contributed by atoms with Gasteiger partial charge in [0.1, 0.15) is 0 Å². The molecule has 0 atom stereocenters. The molecular weight excluding hydrogens is 611 g/mol. The van der Waals surface area contributed by atoms with E-state index in [1.807, 2.05) is 66.7 Å². The molecule has 5 heteroatoms. The molecule has 0 fully saturated rings. The monoisotopic (exact) mass is 635 g/mol. The molecule has 9 rings (SSSR count). The Labute approximate surface area is 288 Å². The quantitative estimate of drug-likeness (QED) is 0.177. The first-order valence-electron chi connectivity index (χ1n) is 16.2. The largest absolute Gasteiger partial charge is 0.310 e. The number of fused-ring (bicyclic) bond motifs is 6. The second-order valence-electron chi connectivity index (χ2n) is 12.3. The van der Waals surface area contributed by atoms with Crippen LogP contribution in [-0.2, 0) is 0 Å². The molecule has 0 amide bonds. The van der Waals surface area contributed by atoms with Gasteiger partial charge in [0.15, 0.2) is 11.4 Å². The zero-order valence-electron chi connectivity index (χ0n) is 26.7. The summed E-state index contributed by atoms with van der Waals surface area (Å²) in [6.45, 7) is 15.2. The molecule has 2 heterocycles. The molecule has 230 valence electrons. The highest BCUT2D eigenvalue weighted by Crippen LogP contribution is 2.39. The SMILES string of the molecule is [C-]#[N+]c1ccc2c(c1)c1ccccc1n2-c1ccc(C#N)c(-c2ccc(-c3ccccc3-n3c4ccccc4c4ccc([N+]#[C-])cc43)cc2)c1. The van der Waals surface area contributed by atoms with Crippen LogP contribution in [0.5, 0.6) is 0 Å². The lowest BCUT2D eigenvalue weighted by molar-refractivity contribution is 1.18. The van der Waals surface area contributed by atoms with Gasteiger partial charge in [0, 0.05) is 38.5 Å². The lowest BCUT2D eigenvalue weighted by Gasteiger charge is -2.15. The number of nitrogens with zero attached hydrogens (tertiary/aromatic N) is 5. The number of benzene rings is 7. The van der Waals surface area contributed by atoms with E-state index in [4.69, 9.17) is 13.1 Å². The highest BCUT2D eigenvalue weighted by molar-refractivity contribution is 6.11. The van der Waals surface area contributed by atoms with E-state index >= 15 is 0 Å². The van der Waals surface area contributed by atoms with Crippen LogP contribution in [0.3, 0.4) is 0 Å². The minimum absolute atomic E-state index is 0.596. The Bertz CT molecular complexity index is 2960. The van der Waals surface area contributed by atoms with Crippen LogP contribution < -0.4 is 0 Å². The molecule has 0 saturated heterocycles. The van der Waals surface area contributed by atoms with Crippen molar-refractivity contribution in [2.45, 2.75) is 0 Å². The van der Waals surface area contributed by atoms with Crippen molar-refractivity contribution in [2.75, 3.05) is 0 Å². The summed E-state index contributed by atoms with van der Waals surface area (Å²) >= 11 is 0. The van der Waals surface area contributed by atoms with Crippen molar-refractivity contribution in [3.63, 3.8) is 0 Å². The van der Waals surface area contributed by atoms with Crippen LogP contribution >= 0.6 is 0 Å². The van der Waals surface area contributed by atoms with E-state index < -0.39 is 0 Å². The third-order valence-corrected chi connectivity index (χ3v) is 9.61. The number of hydrogen-bond donors (Lipinski definition) is 0. The van der Waals surface area contributed by atoms with Crippen molar-refractivity contribution in [1.29, 1.82) is 5.26 Å². The lowest BCUT2D eigenvalue weighted by Crippen LogP contribution is -1.97. The Morgan fingerprint density at radius 2 is 1.04 bits per heavy atom. The summed E-state index contributed by atoms with van der Waals surface area (Å²) in [5.41, 5.74) is 11.8. The van der Waals surface area contributed by atoms with E-state index in [9.17, 15) is 5.26 Å². The van der Waals surface area contributed by atoms with Crippen LogP contribution in [0.25, 0.3) is 86.9 Å². The summed E-state index contributed by atoms with van der Waals surface area (Å²) in [4.78, 5) is 7.38. The lowest BCUT2D eigenvalue weighted by atomic mass is 9.96. The highest BCUT2D eigenvalue weighted by atomic mass is 15.0. The zero-order valence-corrected chi connectivity index (χ0v) is 26.7. The van der Waals surface area contributed by atoms with Crippen LogP contribution in [-0.4, -0.2) is 9.13 Å². The van der Waals surface area contributed by atoms with Gasteiger partial charge in [-0.1, -0.05) is 97.1 Å². The maximum absolute atomic E-state index is 10.2. The van der Waals surface area contributed by atoms with E-state index in [2.05, 4.69) is 110 Å². The van der Waals surface area contributed by atoms with E-state index in [1.165, 1.54) is 0 Å². The van der Waals surface area contributed by atoms with Gasteiger partial charge in [0.05, 0.1) is 47.0 Å². The number of nitriles is 1. The fourth-order valence-electron chi connectivity index (χ4n) is 7.35. The van der Waals surface area contributed by atoms with E-state index in [-0.39, 0.29) is 0 Å². The van der Waals surface area contributed by atoms with Gasteiger partial charge in [-0.25, -0.2) is 9.69 Å². The molecule has 0 saturated carbocycles. The summed E-state index contributed by atoms with van der Waals surface area (Å²) < 4.78 is 4.46. The van der Waals surface area contributed by atoms with E-state index in [0.717, 1.165) is 77.2 Å². The van der Waals surface area contributed by atoms with E-state index in [0.29, 0.717) is 16.9 Å². The molecule has 0 spiro atoms. The zero-order chi connectivity index (χ0) is 33.8. The van der Waals surface area contributed by atoms with Crippen molar-refractivity contribution >= 4 is 55.0 Å². The van der Waals surface area contributed by atoms with Gasteiger partial charge in [0.2, 0.25) is 0 Å². The smallest absolute Gasteiger partial charge is 0.189 e. The Balaban J connectivity index is 1.18. The predicted octanol–water partition coefficient (Wildman–Crippen LogP) is 12.2. The Hall–Kier alpha value is -7.39. The van der Waals surface area contributed by atoms with Crippen molar-refractivity contribution < 1.29 is 0 Å². The van der Waals surface area contributed by atoms with Crippen molar-refractivity contribution in [3.8, 4) is 39.7 Å². The van der Waals surface area contributed by atoms with Gasteiger partial charge in [0.25, 0.3) is 0 Å². The molecule has 2 aromatic heterocycles. The average molecular weight is 636 g/mol. The molecule has 0 unspecified atom stereocenters. The topological polar surface area (TPSA) is 42.4 Å². The molecule has 50 heavy (non-hydrogen) atoms. The molecular formula is C45H25N5. The highest BCUT2D eigenvalue weighted by Gasteiger charge is 2.18. The number of hydrogen-bond acceptors (Lipinski definition) is 1. The molecule has 7 aromatic carbocycles. The first-order chi connectivity index (χ1) is 24.7. The predicted molar refractivity (Wildman–Crippen MR) is 203 cm³/mol. The second-order valence-corrected chi connectivity index (χ2v) is 12.3. The minimum atomic E-state index is 0.596. The third kappa shape index (κ3) is 4.38. The van der Waals surface area contributed by atoms with Gasteiger partial charge < -0.3 is 9.13 Å². The summed E-state index contributed by atoms with van der Waals surface area (Å²) in [6.07, 6.45) is 0. The summed E-state index contributed by atoms with van der Waals surface area (Å²) in [6, 6.07) is 53.5. The second kappa shape index (κ2) is 11.4. The Morgan fingerprint density at radius 3 is 1.78 bits per heavy atom. The number of rotatable bonds is 4. The van der Waals surface area contributed by atoms with Gasteiger partial charge >= 0.3 is 0 Å². The van der Waals surface area contributed by atoms with Gasteiger partial charge in [-0.2, -0.15) is 5.26 Å². The molecule has 0 radical (unpaired) electrons. The fourth-order valence-corrected chi connectivity index (χ4v) is 7.35. The number of aromatic nitrogens is 2. The van der Waals surface area contributed by atoms with Crippen molar-refractivity contribution in [1.82, 2.24) is 9.13 Å². The van der Waals surface area contributed by atoms with Crippen LogP contribution in [0.4, 0.5) is 11.4 Å². The molecule has 0 bridgehead atoms. The standard InChI is InChI=1S/C45H25N5/c1-47-32-21-24-44-40(25-32)37-11-5-7-13-42(37)49(44)34-22-19-31(28-46)39(27-34)30-17-15-29(16-18-30)35-9-3-6-12-41(35)50-43-14-8-4-10-36(43)38-23-20-33(48-2)26-45(38)50/h3-27H. The minimum Gasteiger partial charge on any atom is -0.310 e. The van der Waals surface area contributed by atoms with Gasteiger partial charge in [-0.3, -0.25) is 0 Å². The Kier molecular flexibility index (Phi) is 6.56. The maximum atomic E-state index is 10.2. The van der Waals surface area contributed by atoms with Gasteiger partial charge in [-0.05, 0) is 71.1 Å². The van der Waals surface area contributed by atoms with Crippen molar-refractivity contribution in [2.24, 2.45) is 0 Å². The Morgan fingerprint density at radius 1 is 0.460 bits per heavy atom. The first-order valence-corrected chi connectivity index (χ1v) is 16.2. The van der Waals surface area contributed by atoms with Crippen LogP contribution in [0, 0.1) is 24.5 Å². The van der Waals surface area contributed by atoms with Crippen LogP contribution in [0.1, 0.15) is 5.56 Å². The van der Waals surface area contributed by atoms with E-state index in [1.54, 1.807) is 0 Å². The maximum Gasteiger partial charge on any atom is 0.189 e. The van der Waals surface area contributed by atoms with Crippen molar-refractivity contribution in [3.05, 3.63) is 180 Å². The third-order valence-electron chi connectivity index (χ3n) is 9.61. The molecule has 9 aromatic rings. The molecule has 0 aliphatic carbocycles. The fraction of sp³-hybridized carbons (Fsp3) is 0.